The second-order valence-electron chi connectivity index (χ2n) is 5.46. The van der Waals surface area contributed by atoms with Crippen LogP contribution in [0.25, 0.3) is 10.8 Å². The van der Waals surface area contributed by atoms with E-state index in [0.29, 0.717) is 19.1 Å². The molecule has 0 radical (unpaired) electrons. The third-order valence-electron chi connectivity index (χ3n) is 3.82. The van der Waals surface area contributed by atoms with Gasteiger partial charge in [0.2, 0.25) is 0 Å². The van der Waals surface area contributed by atoms with Gasteiger partial charge in [0.15, 0.2) is 0 Å². The fourth-order valence-electron chi connectivity index (χ4n) is 2.53. The molecule has 2 aromatic carbocycles. The van der Waals surface area contributed by atoms with Gasteiger partial charge >= 0.3 is 5.97 Å². The Balaban J connectivity index is 1.51. The fraction of sp³-hybridized carbons (Fsp3) is 0.353. The molecule has 1 unspecified atom stereocenters. The zero-order chi connectivity index (χ0) is 14.7. The first-order valence-electron chi connectivity index (χ1n) is 7.32. The van der Waals surface area contributed by atoms with E-state index in [1.807, 2.05) is 36.4 Å². The van der Waals surface area contributed by atoms with Gasteiger partial charge in [0.05, 0.1) is 0 Å². The summed E-state index contributed by atoms with van der Waals surface area (Å²) < 4.78 is 5.69. The van der Waals surface area contributed by atoms with Gasteiger partial charge in [-0.3, -0.25) is 4.79 Å². The third-order valence-corrected chi connectivity index (χ3v) is 3.82. The minimum Gasteiger partial charge on any atom is -0.492 e. The van der Waals surface area contributed by atoms with Gasteiger partial charge in [-0.05, 0) is 41.7 Å². The molecule has 0 heterocycles. The maximum absolute atomic E-state index is 11.1. The van der Waals surface area contributed by atoms with E-state index in [4.69, 9.17) is 9.84 Å². The minimum absolute atomic E-state index is 0.295. The predicted octanol–water partition coefficient (Wildman–Crippen LogP) is 2.67. The van der Waals surface area contributed by atoms with Crippen molar-refractivity contribution in [1.82, 2.24) is 5.32 Å². The number of benzene rings is 2. The van der Waals surface area contributed by atoms with Crippen LogP contribution in [0.5, 0.6) is 5.75 Å². The van der Waals surface area contributed by atoms with E-state index in [2.05, 4.69) is 11.4 Å². The number of hydrogen-bond donors (Lipinski definition) is 2. The summed E-state index contributed by atoms with van der Waals surface area (Å²) in [6, 6.07) is 13.7. The Bertz CT molecular complexity index is 637. The lowest BCUT2D eigenvalue weighted by Crippen LogP contribution is -2.40. The largest absolute Gasteiger partial charge is 0.492 e. The predicted molar refractivity (Wildman–Crippen MR) is 81.6 cm³/mol. The highest BCUT2D eigenvalue weighted by molar-refractivity contribution is 5.83. The molecule has 1 atom stereocenters. The topological polar surface area (TPSA) is 58.6 Å². The molecule has 3 rings (SSSR count). The van der Waals surface area contributed by atoms with Gasteiger partial charge in [0, 0.05) is 6.54 Å². The van der Waals surface area contributed by atoms with E-state index in [1.165, 1.54) is 5.39 Å². The highest BCUT2D eigenvalue weighted by Gasteiger charge is 2.35. The van der Waals surface area contributed by atoms with Crippen molar-refractivity contribution >= 4 is 16.7 Å². The summed E-state index contributed by atoms with van der Waals surface area (Å²) in [7, 11) is 0. The molecule has 1 aliphatic carbocycles. The van der Waals surface area contributed by atoms with Crippen molar-refractivity contribution < 1.29 is 14.6 Å². The van der Waals surface area contributed by atoms with Crippen molar-refractivity contribution in [3.05, 3.63) is 42.5 Å². The molecule has 1 aliphatic rings. The van der Waals surface area contributed by atoms with E-state index in [-0.39, 0.29) is 0 Å². The average Bonchev–Trinajstić information content (AvgIpc) is 3.31. The van der Waals surface area contributed by atoms with Gasteiger partial charge < -0.3 is 15.2 Å². The van der Waals surface area contributed by atoms with Crippen LogP contribution in [0.2, 0.25) is 0 Å². The Kier molecular flexibility index (Phi) is 4.06. The zero-order valence-corrected chi connectivity index (χ0v) is 11.8. The number of carboxylic acids is 1. The number of fused-ring (bicyclic) bond motifs is 1. The molecule has 0 amide bonds. The van der Waals surface area contributed by atoms with Crippen LogP contribution in [0.3, 0.4) is 0 Å². The van der Waals surface area contributed by atoms with Crippen LogP contribution in [0, 0.1) is 5.92 Å². The van der Waals surface area contributed by atoms with Gasteiger partial charge in [-0.25, -0.2) is 0 Å². The Morgan fingerprint density at radius 2 is 2.00 bits per heavy atom. The van der Waals surface area contributed by atoms with Gasteiger partial charge in [0.25, 0.3) is 0 Å². The summed E-state index contributed by atoms with van der Waals surface area (Å²) in [5.74, 6) is 0.347. The first kappa shape index (κ1) is 13.9. The lowest BCUT2D eigenvalue weighted by atomic mass is 10.1. The first-order chi connectivity index (χ1) is 10.2. The lowest BCUT2D eigenvalue weighted by Gasteiger charge is -2.14. The maximum atomic E-state index is 11.1. The van der Waals surface area contributed by atoms with E-state index in [0.717, 1.165) is 24.0 Å². The lowest BCUT2D eigenvalue weighted by molar-refractivity contribution is -0.140. The Morgan fingerprint density at radius 1 is 1.24 bits per heavy atom. The smallest absolute Gasteiger partial charge is 0.320 e. The summed E-state index contributed by atoms with van der Waals surface area (Å²) in [5, 5.41) is 14.5. The molecule has 0 aromatic heterocycles. The first-order valence-corrected chi connectivity index (χ1v) is 7.32. The number of carboxylic acid groups (broad SMARTS) is 1. The molecule has 1 saturated carbocycles. The van der Waals surface area contributed by atoms with Gasteiger partial charge in [-0.2, -0.15) is 0 Å². The van der Waals surface area contributed by atoms with E-state index >= 15 is 0 Å². The molecule has 21 heavy (non-hydrogen) atoms. The van der Waals surface area contributed by atoms with Crippen LogP contribution < -0.4 is 10.1 Å². The molecular formula is C17H19NO3. The monoisotopic (exact) mass is 285 g/mol. The van der Waals surface area contributed by atoms with Crippen molar-refractivity contribution in [3.8, 4) is 5.75 Å². The standard InChI is InChI=1S/C17H19NO3/c19-17(20)16(13-5-6-13)18-9-10-21-15-8-7-12-3-1-2-4-14(12)11-15/h1-4,7-8,11,13,16,18H,5-6,9-10H2,(H,19,20). The zero-order valence-electron chi connectivity index (χ0n) is 11.8. The van der Waals surface area contributed by atoms with Crippen molar-refractivity contribution in [2.75, 3.05) is 13.2 Å². The summed E-state index contributed by atoms with van der Waals surface area (Å²) in [4.78, 5) is 11.1. The normalized spacial score (nSPS) is 15.8. The van der Waals surface area contributed by atoms with Crippen LogP contribution in [0.4, 0.5) is 0 Å². The average molecular weight is 285 g/mol. The Morgan fingerprint density at radius 3 is 2.71 bits per heavy atom. The van der Waals surface area contributed by atoms with Crippen molar-refractivity contribution in [3.63, 3.8) is 0 Å². The summed E-state index contributed by atoms with van der Waals surface area (Å²) in [6.07, 6.45) is 2.02. The SMILES string of the molecule is O=C(O)C(NCCOc1ccc2ccccc2c1)C1CC1. The third kappa shape index (κ3) is 3.52. The van der Waals surface area contributed by atoms with E-state index < -0.39 is 12.0 Å². The highest BCUT2D eigenvalue weighted by Crippen LogP contribution is 2.32. The molecule has 0 aliphatic heterocycles. The number of ether oxygens (including phenoxy) is 1. The fourth-order valence-corrected chi connectivity index (χ4v) is 2.53. The molecule has 0 bridgehead atoms. The van der Waals surface area contributed by atoms with Crippen LogP contribution in [-0.4, -0.2) is 30.3 Å². The molecule has 4 nitrogen and oxygen atoms in total. The minimum atomic E-state index is -0.761. The van der Waals surface area contributed by atoms with Crippen LogP contribution >= 0.6 is 0 Å². The van der Waals surface area contributed by atoms with Gasteiger partial charge in [-0.15, -0.1) is 0 Å². The van der Waals surface area contributed by atoms with Gasteiger partial charge in [0.1, 0.15) is 18.4 Å². The second kappa shape index (κ2) is 6.14. The number of aliphatic carboxylic acids is 1. The van der Waals surface area contributed by atoms with Gasteiger partial charge in [-0.1, -0.05) is 30.3 Å². The summed E-state index contributed by atoms with van der Waals surface area (Å²) in [6.45, 7) is 1.01. The number of carbonyl (C=O) groups is 1. The van der Waals surface area contributed by atoms with E-state index in [1.54, 1.807) is 0 Å². The molecule has 2 aromatic rings. The quantitative estimate of drug-likeness (QED) is 0.768. The second-order valence-corrected chi connectivity index (χ2v) is 5.46. The molecule has 1 fully saturated rings. The van der Waals surface area contributed by atoms with Crippen LogP contribution in [0.15, 0.2) is 42.5 Å². The number of hydrogen-bond acceptors (Lipinski definition) is 3. The Hall–Kier alpha value is -2.07. The molecule has 0 saturated heterocycles. The molecule has 4 heteroatoms. The number of rotatable bonds is 7. The molecule has 0 spiro atoms. The van der Waals surface area contributed by atoms with E-state index in [9.17, 15) is 4.79 Å². The molecule has 110 valence electrons. The van der Waals surface area contributed by atoms with Crippen molar-refractivity contribution in [2.24, 2.45) is 5.92 Å². The molecule has 2 N–H and O–H groups in total. The summed E-state index contributed by atoms with van der Waals surface area (Å²) in [5.41, 5.74) is 0. The maximum Gasteiger partial charge on any atom is 0.320 e. The highest BCUT2D eigenvalue weighted by atomic mass is 16.5. The number of nitrogens with one attached hydrogen (secondary N) is 1. The Labute approximate surface area is 123 Å². The van der Waals surface area contributed by atoms with Crippen LogP contribution in [0.1, 0.15) is 12.8 Å². The summed E-state index contributed by atoms with van der Waals surface area (Å²) >= 11 is 0. The van der Waals surface area contributed by atoms with Crippen LogP contribution in [-0.2, 0) is 4.79 Å². The molecular weight excluding hydrogens is 266 g/mol. The van der Waals surface area contributed by atoms with Crippen molar-refractivity contribution in [1.29, 1.82) is 0 Å². The van der Waals surface area contributed by atoms with Crippen molar-refractivity contribution in [2.45, 2.75) is 18.9 Å².